The number of carbonyl (C=O) groups excluding carboxylic acids is 1. The van der Waals surface area contributed by atoms with E-state index in [1.165, 1.54) is 13.8 Å². The van der Waals surface area contributed by atoms with Crippen LogP contribution in [0.5, 0.6) is 5.75 Å². The summed E-state index contributed by atoms with van der Waals surface area (Å²) in [5.41, 5.74) is -2.09. The highest BCUT2D eigenvalue weighted by Crippen LogP contribution is 2.33. The number of hydrogen-bond donors (Lipinski definition) is 2. The predicted molar refractivity (Wildman–Crippen MR) is 121 cm³/mol. The van der Waals surface area contributed by atoms with Crippen LogP contribution in [0.15, 0.2) is 24.3 Å². The summed E-state index contributed by atoms with van der Waals surface area (Å²) in [6.45, 7) is 9.79. The highest BCUT2D eigenvalue weighted by Gasteiger charge is 2.33. The summed E-state index contributed by atoms with van der Waals surface area (Å²) in [5.74, 6) is -0.476. The minimum atomic E-state index is -4.63. The largest absolute Gasteiger partial charge is 0.490 e. The molecule has 2 N–H and O–H groups in total. The first-order chi connectivity index (χ1) is 15.6. The molecular weight excluding hydrogens is 451 g/mol. The smallest absolute Gasteiger partial charge is 0.416 e. The fraction of sp³-hybridized carbons (Fsp3) is 0.583. The SMILES string of the molecule is CC(C)(O)COc1ccc(C(F)(F)F)cc1C(=O)Nc1cc(C(C)(C)C)nn1C[C@H]1CCCO1. The monoisotopic (exact) mass is 483 g/mol. The number of benzene rings is 1. The highest BCUT2D eigenvalue weighted by atomic mass is 19.4. The van der Waals surface area contributed by atoms with Crippen LogP contribution in [0.4, 0.5) is 19.0 Å². The number of halogens is 3. The molecule has 1 atom stereocenters. The standard InChI is InChI=1S/C24H32F3N3O4/c1-22(2,3)19-12-20(30(29-19)13-16-7-6-10-33-16)28-21(31)17-11-15(24(25,26)27)8-9-18(17)34-14-23(4,5)32/h8-9,11-12,16,32H,6-7,10,13-14H2,1-5H3,(H,28,31)/t16-/m1/s1. The first-order valence-corrected chi connectivity index (χ1v) is 11.2. The summed E-state index contributed by atoms with van der Waals surface area (Å²) in [4.78, 5) is 13.2. The zero-order chi connectivity index (χ0) is 25.3. The number of rotatable bonds is 7. The van der Waals surface area contributed by atoms with Crippen LogP contribution in [0.2, 0.25) is 0 Å². The number of amides is 1. The third-order valence-electron chi connectivity index (χ3n) is 5.32. The first-order valence-electron chi connectivity index (χ1n) is 11.2. The Bertz CT molecular complexity index is 1010. The quantitative estimate of drug-likeness (QED) is 0.592. The number of aliphatic hydroxyl groups is 1. The topological polar surface area (TPSA) is 85.6 Å². The molecule has 10 heteroatoms. The molecular formula is C24H32F3N3O4. The molecule has 1 saturated heterocycles. The van der Waals surface area contributed by atoms with Gasteiger partial charge in [0.25, 0.3) is 5.91 Å². The van der Waals surface area contributed by atoms with Gasteiger partial charge in [0.1, 0.15) is 18.2 Å². The van der Waals surface area contributed by atoms with Gasteiger partial charge in [-0.2, -0.15) is 18.3 Å². The molecule has 1 aromatic carbocycles. The molecule has 34 heavy (non-hydrogen) atoms. The van der Waals surface area contributed by atoms with Gasteiger partial charge in [-0.15, -0.1) is 0 Å². The lowest BCUT2D eigenvalue weighted by atomic mass is 9.92. The van der Waals surface area contributed by atoms with Crippen LogP contribution in [0.25, 0.3) is 0 Å². The van der Waals surface area contributed by atoms with E-state index >= 15 is 0 Å². The summed E-state index contributed by atoms with van der Waals surface area (Å²) in [5, 5.41) is 17.3. The number of carbonyl (C=O) groups is 1. The Labute approximate surface area is 197 Å². The van der Waals surface area contributed by atoms with Crippen molar-refractivity contribution in [2.75, 3.05) is 18.5 Å². The van der Waals surface area contributed by atoms with Crippen molar-refractivity contribution >= 4 is 11.7 Å². The highest BCUT2D eigenvalue weighted by molar-refractivity contribution is 6.06. The van der Waals surface area contributed by atoms with Gasteiger partial charge in [-0.05, 0) is 44.9 Å². The van der Waals surface area contributed by atoms with Gasteiger partial charge in [-0.1, -0.05) is 20.8 Å². The molecule has 0 unspecified atom stereocenters. The van der Waals surface area contributed by atoms with Gasteiger partial charge < -0.3 is 19.9 Å². The Morgan fingerprint density at radius 2 is 1.94 bits per heavy atom. The lowest BCUT2D eigenvalue weighted by molar-refractivity contribution is -0.137. The summed E-state index contributed by atoms with van der Waals surface area (Å²) in [6, 6.07) is 4.40. The molecule has 3 rings (SSSR count). The maximum atomic E-state index is 13.4. The van der Waals surface area contributed by atoms with Crippen molar-refractivity contribution in [2.24, 2.45) is 0 Å². The lowest BCUT2D eigenvalue weighted by Gasteiger charge is -2.20. The molecule has 1 amide bonds. The third kappa shape index (κ3) is 6.73. The van der Waals surface area contributed by atoms with Gasteiger partial charge in [-0.3, -0.25) is 4.79 Å². The molecule has 188 valence electrons. The molecule has 0 radical (unpaired) electrons. The zero-order valence-corrected chi connectivity index (χ0v) is 20.1. The zero-order valence-electron chi connectivity index (χ0n) is 20.1. The van der Waals surface area contributed by atoms with Gasteiger partial charge >= 0.3 is 6.18 Å². The number of anilines is 1. The second-order valence-corrected chi connectivity index (χ2v) is 10.2. The molecule has 1 aromatic heterocycles. The third-order valence-corrected chi connectivity index (χ3v) is 5.32. The maximum Gasteiger partial charge on any atom is 0.416 e. The number of nitrogens with one attached hydrogen (secondary N) is 1. The molecule has 1 aliphatic heterocycles. The molecule has 0 spiro atoms. The molecule has 2 aromatic rings. The van der Waals surface area contributed by atoms with Gasteiger partial charge in [-0.25, -0.2) is 4.68 Å². The second-order valence-electron chi connectivity index (χ2n) is 10.2. The van der Waals surface area contributed by atoms with Crippen molar-refractivity contribution in [2.45, 2.75) is 77.3 Å². The average molecular weight is 484 g/mol. The van der Waals surface area contributed by atoms with E-state index < -0.39 is 23.2 Å². The lowest BCUT2D eigenvalue weighted by Crippen LogP contribution is -2.28. The molecule has 2 heterocycles. The van der Waals surface area contributed by atoms with Gasteiger partial charge in [0.15, 0.2) is 0 Å². The maximum absolute atomic E-state index is 13.4. The Morgan fingerprint density at radius 1 is 1.24 bits per heavy atom. The molecule has 0 saturated carbocycles. The van der Waals surface area contributed by atoms with E-state index in [0.717, 1.165) is 36.7 Å². The van der Waals surface area contributed by atoms with E-state index in [-0.39, 0.29) is 29.4 Å². The molecule has 1 fully saturated rings. The van der Waals surface area contributed by atoms with Crippen LogP contribution in [0, 0.1) is 0 Å². The summed E-state index contributed by atoms with van der Waals surface area (Å²) in [7, 11) is 0. The van der Waals surface area contributed by atoms with Crippen molar-refractivity contribution in [1.82, 2.24) is 9.78 Å². The van der Waals surface area contributed by atoms with Crippen LogP contribution in [0.1, 0.15) is 69.1 Å². The Balaban J connectivity index is 1.94. The summed E-state index contributed by atoms with van der Waals surface area (Å²) >= 11 is 0. The molecule has 7 nitrogen and oxygen atoms in total. The Hall–Kier alpha value is -2.59. The van der Waals surface area contributed by atoms with Crippen LogP contribution < -0.4 is 10.1 Å². The fourth-order valence-electron chi connectivity index (χ4n) is 3.45. The molecule has 0 aliphatic carbocycles. The van der Waals surface area contributed by atoms with Crippen molar-refractivity contribution in [3.05, 3.63) is 41.1 Å². The van der Waals surface area contributed by atoms with Crippen molar-refractivity contribution in [3.8, 4) is 5.75 Å². The summed E-state index contributed by atoms with van der Waals surface area (Å²) < 4.78 is 52.9. The van der Waals surface area contributed by atoms with E-state index in [2.05, 4.69) is 10.4 Å². The normalized spacial score (nSPS) is 17.1. The van der Waals surface area contributed by atoms with Crippen LogP contribution in [0.3, 0.4) is 0 Å². The van der Waals surface area contributed by atoms with Crippen LogP contribution in [-0.4, -0.2) is 45.7 Å². The minimum absolute atomic E-state index is 0.0531. The summed E-state index contributed by atoms with van der Waals surface area (Å²) in [6.07, 6.45) is -2.89. The Kier molecular flexibility index (Phi) is 7.33. The number of aromatic nitrogens is 2. The Morgan fingerprint density at radius 3 is 2.50 bits per heavy atom. The molecule has 0 bridgehead atoms. The van der Waals surface area contributed by atoms with Gasteiger partial charge in [0, 0.05) is 18.1 Å². The fourth-order valence-corrected chi connectivity index (χ4v) is 3.45. The van der Waals surface area contributed by atoms with Crippen molar-refractivity contribution in [3.63, 3.8) is 0 Å². The van der Waals surface area contributed by atoms with E-state index in [1.54, 1.807) is 10.7 Å². The van der Waals surface area contributed by atoms with Crippen LogP contribution >= 0.6 is 0 Å². The van der Waals surface area contributed by atoms with E-state index in [4.69, 9.17) is 9.47 Å². The number of alkyl halides is 3. The van der Waals surface area contributed by atoms with E-state index in [0.29, 0.717) is 19.0 Å². The number of nitrogens with zero attached hydrogens (tertiary/aromatic N) is 2. The number of ether oxygens (including phenoxy) is 2. The number of hydrogen-bond acceptors (Lipinski definition) is 5. The predicted octanol–water partition coefficient (Wildman–Crippen LogP) is 4.78. The van der Waals surface area contributed by atoms with Crippen molar-refractivity contribution in [1.29, 1.82) is 0 Å². The van der Waals surface area contributed by atoms with Gasteiger partial charge in [0.05, 0.1) is 35.1 Å². The van der Waals surface area contributed by atoms with Crippen LogP contribution in [-0.2, 0) is 22.9 Å². The van der Waals surface area contributed by atoms with E-state index in [1.807, 2.05) is 20.8 Å². The minimum Gasteiger partial charge on any atom is -0.490 e. The first kappa shape index (κ1) is 26.0. The molecule has 1 aliphatic rings. The van der Waals surface area contributed by atoms with Gasteiger partial charge in [0.2, 0.25) is 0 Å². The van der Waals surface area contributed by atoms with E-state index in [9.17, 15) is 23.1 Å². The van der Waals surface area contributed by atoms with Crippen molar-refractivity contribution < 1.29 is 32.5 Å². The average Bonchev–Trinajstić information content (AvgIpc) is 3.35. The second kappa shape index (κ2) is 9.58.